The standard InChI is InChI=1S/C17H16N2O4S/c18-17(20)16-15(13-8-4-5-9-14(13)24(16,21)22)19-10-11-23-12-6-2-1-3-7-12/h1-9,19H,10-11H2,(H2,18,20). The number of carbonyl (C=O) groups is 1. The molecule has 1 aliphatic heterocycles. The van der Waals surface area contributed by atoms with Gasteiger partial charge >= 0.3 is 0 Å². The number of nitrogens with two attached hydrogens (primary N) is 1. The van der Waals surface area contributed by atoms with Crippen molar-refractivity contribution < 1.29 is 17.9 Å². The van der Waals surface area contributed by atoms with Crippen LogP contribution in [0.3, 0.4) is 0 Å². The Morgan fingerprint density at radius 3 is 2.42 bits per heavy atom. The van der Waals surface area contributed by atoms with E-state index in [1.165, 1.54) is 6.07 Å². The molecule has 0 saturated carbocycles. The first-order chi connectivity index (χ1) is 11.5. The van der Waals surface area contributed by atoms with Gasteiger partial charge in [0.25, 0.3) is 5.91 Å². The lowest BCUT2D eigenvalue weighted by atomic mass is 10.1. The van der Waals surface area contributed by atoms with Crippen molar-refractivity contribution in [3.8, 4) is 5.75 Å². The van der Waals surface area contributed by atoms with Gasteiger partial charge < -0.3 is 15.8 Å². The number of benzene rings is 2. The summed E-state index contributed by atoms with van der Waals surface area (Å²) in [6.07, 6.45) is 0. The Labute approximate surface area is 139 Å². The first-order valence-corrected chi connectivity index (χ1v) is 8.80. The highest BCUT2D eigenvalue weighted by Crippen LogP contribution is 2.37. The molecule has 0 fully saturated rings. The van der Waals surface area contributed by atoms with Crippen LogP contribution in [0.1, 0.15) is 5.56 Å². The molecule has 2 aromatic carbocycles. The lowest BCUT2D eigenvalue weighted by Gasteiger charge is -2.10. The van der Waals surface area contributed by atoms with Gasteiger partial charge in [0.2, 0.25) is 9.84 Å². The fourth-order valence-corrected chi connectivity index (χ4v) is 4.22. The van der Waals surface area contributed by atoms with Crippen molar-refractivity contribution in [2.45, 2.75) is 4.90 Å². The average Bonchev–Trinajstić information content (AvgIpc) is 2.80. The molecule has 7 heteroatoms. The van der Waals surface area contributed by atoms with E-state index in [2.05, 4.69) is 5.32 Å². The second-order valence-corrected chi connectivity index (χ2v) is 7.01. The van der Waals surface area contributed by atoms with Crippen molar-refractivity contribution in [2.75, 3.05) is 13.2 Å². The van der Waals surface area contributed by atoms with Crippen LogP contribution in [0.15, 0.2) is 64.4 Å². The third-order valence-corrected chi connectivity index (χ3v) is 5.46. The van der Waals surface area contributed by atoms with Gasteiger partial charge in [-0.15, -0.1) is 0 Å². The maximum Gasteiger partial charge on any atom is 0.262 e. The maximum absolute atomic E-state index is 12.5. The van der Waals surface area contributed by atoms with Crippen LogP contribution in [0.2, 0.25) is 0 Å². The summed E-state index contributed by atoms with van der Waals surface area (Å²) in [5, 5.41) is 2.97. The van der Waals surface area contributed by atoms with Gasteiger partial charge in [0.05, 0.1) is 10.6 Å². The smallest absolute Gasteiger partial charge is 0.262 e. The van der Waals surface area contributed by atoms with Crippen molar-refractivity contribution in [2.24, 2.45) is 5.73 Å². The highest BCUT2D eigenvalue weighted by Gasteiger charge is 2.38. The number of primary amides is 1. The van der Waals surface area contributed by atoms with Gasteiger partial charge in [-0.05, 0) is 18.2 Å². The zero-order chi connectivity index (χ0) is 17.2. The Hall–Kier alpha value is -2.80. The monoisotopic (exact) mass is 344 g/mol. The van der Waals surface area contributed by atoms with Crippen molar-refractivity contribution >= 4 is 21.4 Å². The molecular weight excluding hydrogens is 328 g/mol. The topological polar surface area (TPSA) is 98.5 Å². The van der Waals surface area contributed by atoms with Crippen LogP contribution in [0.5, 0.6) is 5.75 Å². The van der Waals surface area contributed by atoms with Gasteiger partial charge in [-0.2, -0.15) is 0 Å². The van der Waals surface area contributed by atoms with Gasteiger partial charge in [-0.25, -0.2) is 8.42 Å². The molecule has 0 unspecified atom stereocenters. The highest BCUT2D eigenvalue weighted by molar-refractivity contribution is 7.97. The quantitative estimate of drug-likeness (QED) is 0.770. The van der Waals surface area contributed by atoms with Crippen molar-refractivity contribution in [1.82, 2.24) is 5.32 Å². The molecule has 1 heterocycles. The summed E-state index contributed by atoms with van der Waals surface area (Å²) in [6.45, 7) is 0.632. The van der Waals surface area contributed by atoms with E-state index in [1.807, 2.05) is 30.3 Å². The van der Waals surface area contributed by atoms with E-state index in [4.69, 9.17) is 10.5 Å². The van der Waals surface area contributed by atoms with E-state index in [0.29, 0.717) is 24.5 Å². The molecule has 0 aliphatic carbocycles. The molecule has 0 bridgehead atoms. The van der Waals surface area contributed by atoms with Gasteiger partial charge in [0.15, 0.2) is 4.91 Å². The second kappa shape index (κ2) is 6.37. The van der Waals surface area contributed by atoms with Gasteiger partial charge in [0, 0.05) is 12.1 Å². The lowest BCUT2D eigenvalue weighted by Crippen LogP contribution is -2.25. The van der Waals surface area contributed by atoms with Crippen LogP contribution < -0.4 is 15.8 Å². The average molecular weight is 344 g/mol. The minimum atomic E-state index is -3.88. The van der Waals surface area contributed by atoms with E-state index < -0.39 is 20.6 Å². The predicted molar refractivity (Wildman–Crippen MR) is 89.7 cm³/mol. The summed E-state index contributed by atoms with van der Waals surface area (Å²) in [4.78, 5) is 11.4. The van der Waals surface area contributed by atoms with E-state index in [1.54, 1.807) is 18.2 Å². The minimum absolute atomic E-state index is 0.0882. The zero-order valence-electron chi connectivity index (χ0n) is 12.7. The molecule has 0 saturated heterocycles. The van der Waals surface area contributed by atoms with Crippen LogP contribution in [0.25, 0.3) is 5.70 Å². The fraction of sp³-hybridized carbons (Fsp3) is 0.118. The summed E-state index contributed by atoms with van der Waals surface area (Å²) < 4.78 is 30.5. The molecular formula is C17H16N2O4S. The number of fused-ring (bicyclic) bond motifs is 1. The Bertz CT molecular complexity index is 905. The molecule has 24 heavy (non-hydrogen) atoms. The molecule has 124 valence electrons. The summed E-state index contributed by atoms with van der Waals surface area (Å²) in [5.41, 5.74) is 5.97. The molecule has 1 aliphatic rings. The van der Waals surface area contributed by atoms with Crippen LogP contribution >= 0.6 is 0 Å². The molecule has 0 spiro atoms. The van der Waals surface area contributed by atoms with E-state index in [-0.39, 0.29) is 10.6 Å². The zero-order valence-corrected chi connectivity index (χ0v) is 13.5. The minimum Gasteiger partial charge on any atom is -0.492 e. The van der Waals surface area contributed by atoms with Crippen molar-refractivity contribution in [3.63, 3.8) is 0 Å². The van der Waals surface area contributed by atoms with Gasteiger partial charge in [0.1, 0.15) is 12.4 Å². The number of carbonyl (C=O) groups excluding carboxylic acids is 1. The Morgan fingerprint density at radius 2 is 1.71 bits per heavy atom. The first-order valence-electron chi connectivity index (χ1n) is 7.32. The lowest BCUT2D eigenvalue weighted by molar-refractivity contribution is -0.113. The van der Waals surface area contributed by atoms with Crippen LogP contribution in [-0.4, -0.2) is 27.5 Å². The predicted octanol–water partition coefficient (Wildman–Crippen LogP) is 1.30. The molecule has 3 N–H and O–H groups in total. The molecule has 0 radical (unpaired) electrons. The Balaban J connectivity index is 1.79. The van der Waals surface area contributed by atoms with Gasteiger partial charge in [-0.3, -0.25) is 4.79 Å². The Kier molecular flexibility index (Phi) is 4.26. The number of hydrogen-bond donors (Lipinski definition) is 2. The number of rotatable bonds is 6. The third kappa shape index (κ3) is 2.85. The second-order valence-electron chi connectivity index (χ2n) is 5.16. The molecule has 0 aromatic heterocycles. The van der Waals surface area contributed by atoms with Crippen LogP contribution in [0.4, 0.5) is 0 Å². The van der Waals surface area contributed by atoms with Crippen molar-refractivity contribution in [3.05, 3.63) is 65.1 Å². The number of ether oxygens (including phenoxy) is 1. The fourth-order valence-electron chi connectivity index (χ4n) is 2.57. The third-order valence-electron chi connectivity index (χ3n) is 3.58. The molecule has 1 amide bonds. The maximum atomic E-state index is 12.5. The summed E-state index contributed by atoms with van der Waals surface area (Å²) in [7, 11) is -3.88. The van der Waals surface area contributed by atoms with E-state index >= 15 is 0 Å². The van der Waals surface area contributed by atoms with Crippen molar-refractivity contribution in [1.29, 1.82) is 0 Å². The Morgan fingerprint density at radius 1 is 1.04 bits per heavy atom. The largest absolute Gasteiger partial charge is 0.492 e. The molecule has 0 atom stereocenters. The number of hydrogen-bond acceptors (Lipinski definition) is 5. The van der Waals surface area contributed by atoms with Crippen LogP contribution in [0, 0.1) is 0 Å². The first kappa shape index (κ1) is 16.1. The summed E-state index contributed by atoms with van der Waals surface area (Å²) in [5.74, 6) is -0.263. The number of amides is 1. The van der Waals surface area contributed by atoms with E-state index in [0.717, 1.165) is 0 Å². The highest BCUT2D eigenvalue weighted by atomic mass is 32.2. The number of sulfone groups is 1. The number of nitrogens with one attached hydrogen (secondary N) is 1. The summed E-state index contributed by atoms with van der Waals surface area (Å²) >= 11 is 0. The molecule has 3 rings (SSSR count). The molecule has 6 nitrogen and oxygen atoms in total. The summed E-state index contributed by atoms with van der Waals surface area (Å²) in [6, 6.07) is 15.7. The van der Waals surface area contributed by atoms with Gasteiger partial charge in [-0.1, -0.05) is 36.4 Å². The SMILES string of the molecule is NC(=O)C1=C(NCCOc2ccccc2)c2ccccc2S1(=O)=O. The van der Waals surface area contributed by atoms with Crippen LogP contribution in [-0.2, 0) is 14.6 Å². The molecule has 2 aromatic rings. The normalized spacial score (nSPS) is 15.0. The number of para-hydroxylation sites is 1. The van der Waals surface area contributed by atoms with E-state index in [9.17, 15) is 13.2 Å².